The molecule has 0 aliphatic heterocycles. The van der Waals surface area contributed by atoms with Crippen molar-refractivity contribution in [1.29, 1.82) is 0 Å². The van der Waals surface area contributed by atoms with Crippen molar-refractivity contribution in [2.45, 2.75) is 32.7 Å². The molecule has 15 heavy (non-hydrogen) atoms. The van der Waals surface area contributed by atoms with Gasteiger partial charge in [0, 0.05) is 5.54 Å². The van der Waals surface area contributed by atoms with Gasteiger partial charge in [0.05, 0.1) is 0 Å². The van der Waals surface area contributed by atoms with Crippen LogP contribution in [0, 0.1) is 0 Å². The normalized spacial score (nSPS) is 11.5. The fourth-order valence-corrected chi connectivity index (χ4v) is 1.27. The Morgan fingerprint density at radius 3 is 2.53 bits per heavy atom. The molecule has 0 radical (unpaired) electrons. The fraction of sp³-hybridized carbons (Fsp3) is 0.538. The summed E-state index contributed by atoms with van der Waals surface area (Å²) >= 11 is 0. The molecule has 0 aromatic heterocycles. The summed E-state index contributed by atoms with van der Waals surface area (Å²) in [6, 6.07) is 8.21. The van der Waals surface area contributed by atoms with Crippen LogP contribution in [0.1, 0.15) is 26.3 Å². The van der Waals surface area contributed by atoms with Crippen LogP contribution in [0.2, 0.25) is 0 Å². The predicted octanol–water partition coefficient (Wildman–Crippen LogP) is 2.63. The van der Waals surface area contributed by atoms with Crippen molar-refractivity contribution in [2.24, 2.45) is 0 Å². The highest BCUT2D eigenvalue weighted by Crippen LogP contribution is 2.19. The summed E-state index contributed by atoms with van der Waals surface area (Å²) in [4.78, 5) is 0. The van der Waals surface area contributed by atoms with Gasteiger partial charge >= 0.3 is 0 Å². The van der Waals surface area contributed by atoms with Crippen molar-refractivity contribution in [3.05, 3.63) is 29.8 Å². The van der Waals surface area contributed by atoms with Crippen molar-refractivity contribution >= 4 is 0 Å². The van der Waals surface area contributed by atoms with Gasteiger partial charge in [-0.25, -0.2) is 0 Å². The fourth-order valence-electron chi connectivity index (χ4n) is 1.27. The lowest BCUT2D eigenvalue weighted by Crippen LogP contribution is -2.42. The van der Waals surface area contributed by atoms with Gasteiger partial charge in [-0.3, -0.25) is 0 Å². The molecule has 0 spiro atoms. The van der Waals surface area contributed by atoms with Gasteiger partial charge in [0.2, 0.25) is 0 Å². The zero-order valence-electron chi connectivity index (χ0n) is 10.1. The number of nitrogens with one attached hydrogen (secondary N) is 1. The number of ether oxygens (including phenoxy) is 1. The maximum Gasteiger partial charge on any atom is 0.122 e. The summed E-state index contributed by atoms with van der Waals surface area (Å²) in [5.74, 6) is 1.00. The number of benzene rings is 1. The van der Waals surface area contributed by atoms with Gasteiger partial charge in [0.1, 0.15) is 12.4 Å². The van der Waals surface area contributed by atoms with E-state index >= 15 is 0 Å². The van der Waals surface area contributed by atoms with E-state index in [4.69, 9.17) is 4.74 Å². The second-order valence-corrected chi connectivity index (χ2v) is 4.38. The zero-order valence-corrected chi connectivity index (χ0v) is 10.1. The molecule has 1 rings (SSSR count). The van der Waals surface area contributed by atoms with Crippen LogP contribution in [0.25, 0.3) is 0 Å². The van der Waals surface area contributed by atoms with Crippen LogP contribution in [0.5, 0.6) is 5.75 Å². The average molecular weight is 207 g/mol. The van der Waals surface area contributed by atoms with Crippen LogP contribution in [-0.2, 0) is 6.42 Å². The second-order valence-electron chi connectivity index (χ2n) is 4.38. The van der Waals surface area contributed by atoms with Gasteiger partial charge in [-0.05, 0) is 38.9 Å². The van der Waals surface area contributed by atoms with Crippen molar-refractivity contribution in [3.63, 3.8) is 0 Å². The molecule has 0 saturated heterocycles. The summed E-state index contributed by atoms with van der Waals surface area (Å²) in [7, 11) is 1.95. The number of hydrogen-bond acceptors (Lipinski definition) is 2. The Bertz CT molecular complexity index is 307. The van der Waals surface area contributed by atoms with Gasteiger partial charge in [0.25, 0.3) is 0 Å². The predicted molar refractivity (Wildman–Crippen MR) is 64.5 cm³/mol. The minimum atomic E-state index is 0.0147. The summed E-state index contributed by atoms with van der Waals surface area (Å²) < 4.78 is 5.82. The van der Waals surface area contributed by atoms with E-state index in [-0.39, 0.29) is 5.54 Å². The molecule has 0 amide bonds. The van der Waals surface area contributed by atoms with E-state index < -0.39 is 0 Å². The lowest BCUT2D eigenvalue weighted by atomic mass is 10.1. The first-order valence-corrected chi connectivity index (χ1v) is 5.48. The number of aryl methyl sites for hydroxylation is 1. The third-order valence-corrected chi connectivity index (χ3v) is 2.62. The van der Waals surface area contributed by atoms with Crippen LogP contribution < -0.4 is 10.1 Å². The van der Waals surface area contributed by atoms with Gasteiger partial charge in [-0.15, -0.1) is 0 Å². The standard InChI is InChI=1S/C13H21NO/c1-5-11-8-6-7-9-12(11)15-10-13(2,3)14-4/h6-9,14H,5,10H2,1-4H3. The van der Waals surface area contributed by atoms with E-state index in [0.717, 1.165) is 12.2 Å². The van der Waals surface area contributed by atoms with E-state index in [1.165, 1.54) is 5.56 Å². The first-order chi connectivity index (χ1) is 7.09. The van der Waals surface area contributed by atoms with Gasteiger partial charge in [-0.2, -0.15) is 0 Å². The molecule has 0 aliphatic carbocycles. The van der Waals surface area contributed by atoms with Crippen LogP contribution >= 0.6 is 0 Å². The Labute approximate surface area is 92.6 Å². The summed E-state index contributed by atoms with van der Waals surface area (Å²) in [5, 5.41) is 3.22. The van der Waals surface area contributed by atoms with Gasteiger partial charge in [-0.1, -0.05) is 25.1 Å². The Hall–Kier alpha value is -1.02. The van der Waals surface area contributed by atoms with Gasteiger partial charge < -0.3 is 10.1 Å². The Kier molecular flexibility index (Phi) is 4.15. The van der Waals surface area contributed by atoms with Crippen molar-refractivity contribution in [1.82, 2.24) is 5.32 Å². The van der Waals surface area contributed by atoms with Crippen molar-refractivity contribution in [3.8, 4) is 5.75 Å². The lowest BCUT2D eigenvalue weighted by molar-refractivity contribution is 0.216. The molecule has 84 valence electrons. The highest BCUT2D eigenvalue weighted by Gasteiger charge is 2.15. The summed E-state index contributed by atoms with van der Waals surface area (Å²) in [5.41, 5.74) is 1.28. The monoisotopic (exact) mass is 207 g/mol. The highest BCUT2D eigenvalue weighted by molar-refractivity contribution is 5.33. The quantitative estimate of drug-likeness (QED) is 0.801. The molecule has 0 unspecified atom stereocenters. The SMILES string of the molecule is CCc1ccccc1OCC(C)(C)NC. The lowest BCUT2D eigenvalue weighted by Gasteiger charge is -2.24. The molecule has 1 aromatic rings. The van der Waals surface area contributed by atoms with Crippen LogP contribution in [-0.4, -0.2) is 19.2 Å². The Morgan fingerprint density at radius 1 is 1.27 bits per heavy atom. The first kappa shape index (κ1) is 12.1. The third kappa shape index (κ3) is 3.56. The molecular formula is C13H21NO. The molecule has 1 N–H and O–H groups in total. The third-order valence-electron chi connectivity index (χ3n) is 2.62. The second kappa shape index (κ2) is 5.17. The molecule has 2 nitrogen and oxygen atoms in total. The van der Waals surface area contributed by atoms with Crippen LogP contribution in [0.4, 0.5) is 0 Å². The minimum Gasteiger partial charge on any atom is -0.491 e. The molecule has 0 bridgehead atoms. The molecule has 2 heteroatoms. The minimum absolute atomic E-state index is 0.0147. The van der Waals surface area contributed by atoms with E-state index in [2.05, 4.69) is 38.2 Å². The molecule has 0 aliphatic rings. The first-order valence-electron chi connectivity index (χ1n) is 5.48. The van der Waals surface area contributed by atoms with E-state index in [0.29, 0.717) is 6.61 Å². The number of para-hydroxylation sites is 1. The Balaban J connectivity index is 2.65. The summed E-state index contributed by atoms with van der Waals surface area (Å²) in [6.45, 7) is 7.08. The topological polar surface area (TPSA) is 21.3 Å². The summed E-state index contributed by atoms with van der Waals surface area (Å²) in [6.07, 6.45) is 1.01. The smallest absolute Gasteiger partial charge is 0.122 e. The highest BCUT2D eigenvalue weighted by atomic mass is 16.5. The zero-order chi connectivity index (χ0) is 11.3. The van der Waals surface area contributed by atoms with Gasteiger partial charge in [0.15, 0.2) is 0 Å². The molecule has 0 saturated carbocycles. The van der Waals surface area contributed by atoms with Crippen LogP contribution in [0.15, 0.2) is 24.3 Å². The van der Waals surface area contributed by atoms with E-state index in [1.807, 2.05) is 19.2 Å². The van der Waals surface area contributed by atoms with E-state index in [1.54, 1.807) is 0 Å². The largest absolute Gasteiger partial charge is 0.491 e. The maximum atomic E-state index is 5.82. The van der Waals surface area contributed by atoms with Crippen LogP contribution in [0.3, 0.4) is 0 Å². The Morgan fingerprint density at radius 2 is 1.93 bits per heavy atom. The van der Waals surface area contributed by atoms with E-state index in [9.17, 15) is 0 Å². The molecule has 0 fully saturated rings. The number of hydrogen-bond donors (Lipinski definition) is 1. The molecule has 1 aromatic carbocycles. The molecule has 0 heterocycles. The van der Waals surface area contributed by atoms with Crippen molar-refractivity contribution in [2.75, 3.05) is 13.7 Å². The number of rotatable bonds is 5. The van der Waals surface area contributed by atoms with Crippen molar-refractivity contribution < 1.29 is 4.74 Å². The molecular weight excluding hydrogens is 186 g/mol. The number of likely N-dealkylation sites (N-methyl/N-ethyl adjacent to an activating group) is 1. The maximum absolute atomic E-state index is 5.82. The average Bonchev–Trinajstić information content (AvgIpc) is 2.27. The molecule has 0 atom stereocenters.